The molecule has 1 aromatic rings. The maximum atomic E-state index is 11.4. The van der Waals surface area contributed by atoms with E-state index in [0.29, 0.717) is 5.56 Å². The van der Waals surface area contributed by atoms with Gasteiger partial charge in [0.15, 0.2) is 11.9 Å². The van der Waals surface area contributed by atoms with E-state index in [9.17, 15) is 5.11 Å². The van der Waals surface area contributed by atoms with Gasteiger partial charge in [-0.3, -0.25) is 0 Å². The molecule has 0 aliphatic carbocycles. The number of aliphatic hydroxyl groups excluding tert-OH is 1. The third-order valence-electron chi connectivity index (χ3n) is 1.63. The van der Waals surface area contributed by atoms with E-state index in [4.69, 9.17) is 9.84 Å². The van der Waals surface area contributed by atoms with E-state index >= 15 is 0 Å². The highest BCUT2D eigenvalue weighted by atomic mass is 16.6. The number of hydrogen-bond acceptors (Lipinski definition) is 5. The minimum atomic E-state index is -0.707. The van der Waals surface area contributed by atoms with Crippen LogP contribution in [-0.4, -0.2) is 21.8 Å². The zero-order valence-corrected chi connectivity index (χ0v) is 9.60. The Morgan fingerprint density at radius 1 is 1.56 bits per heavy atom. The van der Waals surface area contributed by atoms with E-state index in [1.54, 1.807) is 32.9 Å². The van der Waals surface area contributed by atoms with Crippen molar-refractivity contribution >= 4 is 11.9 Å². The Hall–Kier alpha value is -1.62. The lowest BCUT2D eigenvalue weighted by Crippen LogP contribution is -2.31. The Kier molecular flexibility index (Phi) is 3.84. The van der Waals surface area contributed by atoms with Crippen LogP contribution in [0.15, 0.2) is 23.3 Å². The van der Waals surface area contributed by atoms with Crippen LogP contribution in [0.5, 0.6) is 0 Å². The van der Waals surface area contributed by atoms with Gasteiger partial charge in [-0.1, -0.05) is 26.8 Å². The molecule has 0 atom stereocenters. The first-order valence-corrected chi connectivity index (χ1v) is 4.92. The molecular weight excluding hydrogens is 208 g/mol. The molecule has 16 heavy (non-hydrogen) atoms. The number of hydrogen-bond donors (Lipinski definition) is 1. The number of pyridine rings is 1. The fourth-order valence-electron chi connectivity index (χ4n) is 1.03. The van der Waals surface area contributed by atoms with Gasteiger partial charge in [-0.15, -0.1) is 0 Å². The van der Waals surface area contributed by atoms with Gasteiger partial charge in [0.25, 0.3) is 0 Å². The number of rotatable bonds is 2. The largest absolute Gasteiger partial charge is 0.594 e. The van der Waals surface area contributed by atoms with Crippen molar-refractivity contribution in [1.29, 1.82) is 0 Å². The van der Waals surface area contributed by atoms with Crippen LogP contribution in [0.3, 0.4) is 0 Å². The van der Waals surface area contributed by atoms with E-state index < -0.39 is 11.7 Å². The van der Waals surface area contributed by atoms with Crippen molar-refractivity contribution in [2.45, 2.75) is 33.0 Å². The first kappa shape index (κ1) is 12.4. The van der Waals surface area contributed by atoms with Crippen molar-refractivity contribution in [2.24, 2.45) is 4.99 Å². The number of aliphatic hydroxyl groups is 1. The molecule has 0 aliphatic rings. The summed E-state index contributed by atoms with van der Waals surface area (Å²) >= 11 is 0. The minimum absolute atomic E-state index is 0.194. The quantitative estimate of drug-likeness (QED) is 0.592. The molecule has 0 unspecified atom stereocenters. The molecule has 0 radical (unpaired) electrons. The maximum absolute atomic E-state index is 11.4. The zero-order chi connectivity index (χ0) is 12.2. The average molecular weight is 223 g/mol. The summed E-state index contributed by atoms with van der Waals surface area (Å²) in [4.78, 5) is 7.57. The molecule has 5 nitrogen and oxygen atoms in total. The van der Waals surface area contributed by atoms with E-state index in [1.807, 2.05) is 0 Å². The first-order valence-electron chi connectivity index (χ1n) is 4.92. The van der Waals surface area contributed by atoms with Gasteiger partial charge >= 0.3 is 0 Å². The molecule has 1 rings (SSSR count). The summed E-state index contributed by atoms with van der Waals surface area (Å²) in [6, 6.07) is 3.32. The molecule has 1 aromatic heterocycles. The molecule has 0 bridgehead atoms. The fraction of sp³-hybridized carbons (Fsp3) is 0.455. The lowest BCUT2D eigenvalue weighted by molar-refractivity contribution is -0.259. The second-order valence-electron chi connectivity index (χ2n) is 4.24. The second kappa shape index (κ2) is 4.94. The summed E-state index contributed by atoms with van der Waals surface area (Å²) in [5.41, 5.74) is -0.0947. The van der Waals surface area contributed by atoms with Crippen LogP contribution in [0.25, 0.3) is 0 Å². The SMILES string of the molecule is CC(C)(C)OC([O-])=Nc1ncccc1CO. The van der Waals surface area contributed by atoms with Gasteiger partial charge in [0.1, 0.15) is 0 Å². The maximum Gasteiger partial charge on any atom is 0.159 e. The Morgan fingerprint density at radius 3 is 2.81 bits per heavy atom. The van der Waals surface area contributed by atoms with E-state index in [1.165, 1.54) is 6.20 Å². The highest BCUT2D eigenvalue weighted by Gasteiger charge is 2.05. The molecule has 0 spiro atoms. The topological polar surface area (TPSA) is 77.8 Å². The van der Waals surface area contributed by atoms with Crippen molar-refractivity contribution < 1.29 is 14.9 Å². The van der Waals surface area contributed by atoms with Crippen LogP contribution < -0.4 is 5.11 Å². The molecule has 0 saturated carbocycles. The summed E-state index contributed by atoms with van der Waals surface area (Å²) in [7, 11) is 0. The van der Waals surface area contributed by atoms with E-state index in [0.717, 1.165) is 0 Å². The summed E-state index contributed by atoms with van der Waals surface area (Å²) < 4.78 is 5.01. The molecule has 0 aromatic carbocycles. The van der Waals surface area contributed by atoms with E-state index in [2.05, 4.69) is 9.98 Å². The molecule has 0 amide bonds. The molecular formula is C11H15N2O3-. The Morgan fingerprint density at radius 2 is 2.25 bits per heavy atom. The van der Waals surface area contributed by atoms with Gasteiger partial charge in [0.2, 0.25) is 0 Å². The normalized spacial score (nSPS) is 12.6. The fourth-order valence-corrected chi connectivity index (χ4v) is 1.03. The molecule has 0 aliphatic heterocycles. The lowest BCUT2D eigenvalue weighted by atomic mass is 10.2. The van der Waals surface area contributed by atoms with Gasteiger partial charge in [0, 0.05) is 17.4 Å². The van der Waals surface area contributed by atoms with Crippen molar-refractivity contribution in [3.63, 3.8) is 0 Å². The van der Waals surface area contributed by atoms with Crippen molar-refractivity contribution in [1.82, 2.24) is 4.98 Å². The van der Waals surface area contributed by atoms with Crippen LogP contribution in [0.4, 0.5) is 5.82 Å². The highest BCUT2D eigenvalue weighted by Crippen LogP contribution is 2.15. The van der Waals surface area contributed by atoms with Crippen LogP contribution >= 0.6 is 0 Å². The molecule has 5 heteroatoms. The Labute approximate surface area is 94.4 Å². The monoisotopic (exact) mass is 223 g/mol. The van der Waals surface area contributed by atoms with Gasteiger partial charge in [-0.05, 0) is 6.07 Å². The summed E-state index contributed by atoms with van der Waals surface area (Å²) in [5.74, 6) is 0.194. The van der Waals surface area contributed by atoms with Gasteiger partial charge in [0.05, 0.1) is 6.61 Å². The molecule has 88 valence electrons. The highest BCUT2D eigenvalue weighted by molar-refractivity contribution is 5.67. The minimum Gasteiger partial charge on any atom is -0.594 e. The molecule has 0 saturated heterocycles. The number of ether oxygens (including phenoxy) is 1. The van der Waals surface area contributed by atoms with Gasteiger partial charge in [-0.25, -0.2) is 9.98 Å². The van der Waals surface area contributed by atoms with Crippen LogP contribution in [0.2, 0.25) is 0 Å². The molecule has 1 heterocycles. The third-order valence-corrected chi connectivity index (χ3v) is 1.63. The molecule has 0 fully saturated rings. The first-order chi connectivity index (χ1) is 7.42. The number of aromatic nitrogens is 1. The summed E-state index contributed by atoms with van der Waals surface area (Å²) in [5, 5.41) is 20.4. The standard InChI is InChI=1S/C11H16N2O3/c1-11(2,3)16-10(15)13-9-8(7-14)5-4-6-12-9/h4-6,14H,7H2,1-3H3,(H,12,13,15)/p-1. The third kappa shape index (κ3) is 3.86. The number of nitrogens with zero attached hydrogens (tertiary/aromatic N) is 2. The predicted molar refractivity (Wildman–Crippen MR) is 58.1 cm³/mol. The van der Waals surface area contributed by atoms with Crippen LogP contribution in [0, 0.1) is 0 Å². The van der Waals surface area contributed by atoms with E-state index in [-0.39, 0.29) is 12.4 Å². The van der Waals surface area contributed by atoms with Crippen molar-refractivity contribution in [2.75, 3.05) is 0 Å². The van der Waals surface area contributed by atoms with Crippen LogP contribution in [-0.2, 0) is 11.3 Å². The summed E-state index contributed by atoms with van der Waals surface area (Å²) in [6.45, 7) is 5.05. The predicted octanol–water partition coefficient (Wildman–Crippen LogP) is 0.737. The smallest absolute Gasteiger partial charge is 0.159 e. The van der Waals surface area contributed by atoms with Gasteiger partial charge < -0.3 is 14.9 Å². The average Bonchev–Trinajstić information content (AvgIpc) is 2.15. The zero-order valence-electron chi connectivity index (χ0n) is 9.60. The van der Waals surface area contributed by atoms with Crippen molar-refractivity contribution in [3.05, 3.63) is 23.9 Å². The lowest BCUT2D eigenvalue weighted by Gasteiger charge is -2.29. The Balaban J connectivity index is 2.89. The second-order valence-corrected chi connectivity index (χ2v) is 4.24. The van der Waals surface area contributed by atoms with Crippen molar-refractivity contribution in [3.8, 4) is 0 Å². The van der Waals surface area contributed by atoms with Crippen LogP contribution in [0.1, 0.15) is 26.3 Å². The van der Waals surface area contributed by atoms with Gasteiger partial charge in [-0.2, -0.15) is 0 Å². The Bertz CT molecular complexity index is 383. The molecule has 1 N–H and O–H groups in total. The number of aliphatic imine (C=N–C) groups is 1. The summed E-state index contributed by atoms with van der Waals surface area (Å²) in [6.07, 6.45) is 0.795.